The molecule has 0 radical (unpaired) electrons. The minimum Gasteiger partial charge on any atom is -0.309 e. The van der Waals surface area contributed by atoms with Gasteiger partial charge in [0.25, 0.3) is 0 Å². The molecular weight excluding hydrogens is 727 g/mol. The van der Waals surface area contributed by atoms with Crippen molar-refractivity contribution < 1.29 is 0 Å². The third-order valence-corrected chi connectivity index (χ3v) is 12.7. The van der Waals surface area contributed by atoms with E-state index in [0.29, 0.717) is 0 Å². The molecule has 0 N–H and O–H groups in total. The maximum Gasteiger partial charge on any atom is 0.0541 e. The van der Waals surface area contributed by atoms with E-state index in [1.807, 2.05) is 0 Å². The summed E-state index contributed by atoms with van der Waals surface area (Å²) in [6.45, 7) is 6.65. The van der Waals surface area contributed by atoms with Crippen molar-refractivity contribution in [3.8, 4) is 39.3 Å². The second-order valence-corrected chi connectivity index (χ2v) is 16.4. The van der Waals surface area contributed by atoms with Crippen molar-refractivity contribution in [3.05, 3.63) is 211 Å². The van der Waals surface area contributed by atoms with Gasteiger partial charge in [-0.3, -0.25) is 0 Å². The van der Waals surface area contributed by atoms with E-state index in [-0.39, 0.29) is 0 Å². The maximum absolute atomic E-state index is 2.46. The molecule has 0 fully saturated rings. The number of nitrogens with zero attached hydrogens (tertiary/aromatic N) is 3. The molecule has 0 atom stereocenters. The number of hydrogen-bond donors (Lipinski definition) is 0. The largest absolute Gasteiger partial charge is 0.309 e. The van der Waals surface area contributed by atoms with Crippen molar-refractivity contribution in [2.24, 2.45) is 0 Å². The molecule has 0 aliphatic carbocycles. The van der Waals surface area contributed by atoms with Crippen LogP contribution in [0.1, 0.15) is 16.7 Å². The normalized spacial score (nSPS) is 11.9. The van der Waals surface area contributed by atoms with Crippen LogP contribution < -0.4 is 0 Å². The van der Waals surface area contributed by atoms with Gasteiger partial charge < -0.3 is 13.7 Å². The molecule has 3 nitrogen and oxygen atoms in total. The van der Waals surface area contributed by atoms with Gasteiger partial charge in [0.2, 0.25) is 0 Å². The molecule has 284 valence electrons. The smallest absolute Gasteiger partial charge is 0.0541 e. The van der Waals surface area contributed by atoms with Crippen molar-refractivity contribution in [1.29, 1.82) is 0 Å². The number of benzene rings is 9. The minimum absolute atomic E-state index is 1.15. The van der Waals surface area contributed by atoms with E-state index in [0.717, 1.165) is 5.69 Å². The Kier molecular flexibility index (Phi) is 7.58. The first-order valence-corrected chi connectivity index (χ1v) is 20.8. The molecule has 0 amide bonds. The molecule has 12 rings (SSSR count). The number of aromatic nitrogens is 3. The van der Waals surface area contributed by atoms with Gasteiger partial charge in [0.15, 0.2) is 0 Å². The summed E-state index contributed by atoms with van der Waals surface area (Å²) in [6, 6.07) is 71.6. The van der Waals surface area contributed by atoms with E-state index < -0.39 is 0 Å². The standard InChI is InChI=1S/C57H41N3/c1-36-30-37(2)57(38(3)31-36)60-53-23-12-9-20-47(53)50-35-42(26-29-56(50)60)41-25-28-55-49(34-41)46-19-8-11-22-52(46)59(55)44-17-13-14-39(32-44)40-24-27-54-48(33-40)45-18-7-10-21-51(45)58(54)43-15-5-4-6-16-43/h4-35H,1-3H3. The van der Waals surface area contributed by atoms with Gasteiger partial charge in [-0.25, -0.2) is 0 Å². The van der Waals surface area contributed by atoms with E-state index in [2.05, 4.69) is 229 Å². The minimum atomic E-state index is 1.15. The lowest BCUT2D eigenvalue weighted by atomic mass is 10.0. The van der Waals surface area contributed by atoms with Gasteiger partial charge in [-0.2, -0.15) is 0 Å². The van der Waals surface area contributed by atoms with E-state index in [4.69, 9.17) is 0 Å². The maximum atomic E-state index is 2.46. The molecule has 0 spiro atoms. The Morgan fingerprint density at radius 1 is 0.267 bits per heavy atom. The highest BCUT2D eigenvalue weighted by atomic mass is 15.0. The Bertz CT molecular complexity index is 3660. The third-order valence-electron chi connectivity index (χ3n) is 12.7. The zero-order valence-corrected chi connectivity index (χ0v) is 33.8. The zero-order chi connectivity index (χ0) is 40.1. The van der Waals surface area contributed by atoms with Crippen LogP contribution in [0.5, 0.6) is 0 Å². The highest BCUT2D eigenvalue weighted by Gasteiger charge is 2.19. The van der Waals surface area contributed by atoms with Crippen molar-refractivity contribution in [2.75, 3.05) is 0 Å². The fourth-order valence-corrected chi connectivity index (χ4v) is 10.2. The number of rotatable bonds is 5. The molecular formula is C57H41N3. The van der Waals surface area contributed by atoms with Crippen LogP contribution in [0.4, 0.5) is 0 Å². The fourth-order valence-electron chi connectivity index (χ4n) is 10.2. The average molecular weight is 768 g/mol. The Balaban J connectivity index is 0.983. The van der Waals surface area contributed by atoms with Crippen LogP contribution in [-0.2, 0) is 0 Å². The summed E-state index contributed by atoms with van der Waals surface area (Å²) in [4.78, 5) is 0. The Hall–Kier alpha value is -7.62. The van der Waals surface area contributed by atoms with Gasteiger partial charge >= 0.3 is 0 Å². The van der Waals surface area contributed by atoms with Crippen LogP contribution in [0.15, 0.2) is 194 Å². The monoisotopic (exact) mass is 767 g/mol. The fraction of sp³-hybridized carbons (Fsp3) is 0.0526. The summed E-state index contributed by atoms with van der Waals surface area (Å²) >= 11 is 0. The molecule has 3 heterocycles. The quantitative estimate of drug-likeness (QED) is 0.166. The number of para-hydroxylation sites is 4. The van der Waals surface area contributed by atoms with Crippen LogP contribution in [0, 0.1) is 20.8 Å². The average Bonchev–Trinajstić information content (AvgIpc) is 3.91. The second-order valence-electron chi connectivity index (χ2n) is 16.4. The lowest BCUT2D eigenvalue weighted by Crippen LogP contribution is -2.00. The summed E-state index contributed by atoms with van der Waals surface area (Å²) in [5.74, 6) is 0. The second kappa shape index (κ2) is 13.2. The first kappa shape index (κ1) is 34.4. The first-order chi connectivity index (χ1) is 29.5. The van der Waals surface area contributed by atoms with Crippen molar-refractivity contribution >= 4 is 65.4 Å². The van der Waals surface area contributed by atoms with Gasteiger partial charge in [0, 0.05) is 43.7 Å². The predicted molar refractivity (Wildman–Crippen MR) is 255 cm³/mol. The van der Waals surface area contributed by atoms with Crippen molar-refractivity contribution in [3.63, 3.8) is 0 Å². The topological polar surface area (TPSA) is 14.8 Å². The highest BCUT2D eigenvalue weighted by Crippen LogP contribution is 2.40. The third kappa shape index (κ3) is 5.15. The molecule has 0 unspecified atom stereocenters. The Labute approximate surface area is 348 Å². The number of hydrogen-bond acceptors (Lipinski definition) is 0. The zero-order valence-electron chi connectivity index (χ0n) is 33.8. The van der Waals surface area contributed by atoms with Gasteiger partial charge in [-0.05, 0) is 133 Å². The SMILES string of the molecule is Cc1cc(C)c(-n2c3ccccc3c3cc(-c4ccc5c(c4)c4ccccc4n5-c4cccc(-c5ccc6c(c5)c5ccccc5n6-c5ccccc5)c4)ccc32)c(C)c1. The predicted octanol–water partition coefficient (Wildman–Crippen LogP) is 15.2. The van der Waals surface area contributed by atoms with Gasteiger partial charge in [-0.15, -0.1) is 0 Å². The highest BCUT2D eigenvalue weighted by molar-refractivity contribution is 6.13. The van der Waals surface area contributed by atoms with Crippen LogP contribution in [0.2, 0.25) is 0 Å². The van der Waals surface area contributed by atoms with E-state index in [9.17, 15) is 0 Å². The van der Waals surface area contributed by atoms with Crippen LogP contribution in [0.3, 0.4) is 0 Å². The van der Waals surface area contributed by atoms with Crippen molar-refractivity contribution in [1.82, 2.24) is 13.7 Å². The van der Waals surface area contributed by atoms with Gasteiger partial charge in [-0.1, -0.05) is 121 Å². The number of fused-ring (bicyclic) bond motifs is 9. The van der Waals surface area contributed by atoms with Gasteiger partial charge in [0.1, 0.15) is 0 Å². The lowest BCUT2D eigenvalue weighted by molar-refractivity contribution is 1.11. The summed E-state index contributed by atoms with van der Waals surface area (Å²) < 4.78 is 7.27. The van der Waals surface area contributed by atoms with E-state index >= 15 is 0 Å². The molecule has 0 saturated carbocycles. The molecule has 12 aromatic rings. The van der Waals surface area contributed by atoms with Crippen molar-refractivity contribution in [2.45, 2.75) is 20.8 Å². The lowest BCUT2D eigenvalue weighted by Gasteiger charge is -2.15. The van der Waals surface area contributed by atoms with Gasteiger partial charge in [0.05, 0.1) is 38.8 Å². The molecule has 3 heteroatoms. The van der Waals surface area contributed by atoms with E-state index in [1.54, 1.807) is 0 Å². The molecule has 0 saturated heterocycles. The molecule has 0 bridgehead atoms. The van der Waals surface area contributed by atoms with Crippen LogP contribution >= 0.6 is 0 Å². The molecule has 0 aliphatic heterocycles. The summed E-state index contributed by atoms with van der Waals surface area (Å²) in [7, 11) is 0. The van der Waals surface area contributed by atoms with Crippen LogP contribution in [0.25, 0.3) is 105 Å². The summed E-state index contributed by atoms with van der Waals surface area (Å²) in [6.07, 6.45) is 0. The van der Waals surface area contributed by atoms with Crippen LogP contribution in [-0.4, -0.2) is 13.7 Å². The molecule has 0 aliphatic rings. The Morgan fingerprint density at radius 3 is 1.17 bits per heavy atom. The Morgan fingerprint density at radius 2 is 0.650 bits per heavy atom. The molecule has 3 aromatic heterocycles. The van der Waals surface area contributed by atoms with E-state index in [1.165, 1.54) is 116 Å². The molecule has 9 aromatic carbocycles. The summed E-state index contributed by atoms with van der Waals surface area (Å²) in [5.41, 5.74) is 19.6. The number of aryl methyl sites for hydroxylation is 3. The molecule has 60 heavy (non-hydrogen) atoms. The first-order valence-electron chi connectivity index (χ1n) is 20.8. The summed E-state index contributed by atoms with van der Waals surface area (Å²) in [5, 5.41) is 7.55.